The van der Waals surface area contributed by atoms with Crippen LogP contribution in [-0.2, 0) is 13.6 Å². The third-order valence-electron chi connectivity index (χ3n) is 4.51. The zero-order valence-corrected chi connectivity index (χ0v) is 14.9. The zero-order chi connectivity index (χ0) is 17.8. The Morgan fingerprint density at radius 1 is 1.40 bits per heavy atom. The molecular weight excluding hydrogens is 340 g/mol. The average molecular weight is 361 g/mol. The summed E-state index contributed by atoms with van der Waals surface area (Å²) in [5, 5.41) is 3.42. The molecule has 1 aromatic heterocycles. The van der Waals surface area contributed by atoms with Crippen molar-refractivity contribution >= 4 is 23.4 Å². The number of rotatable bonds is 4. The molecule has 2 aromatic rings. The summed E-state index contributed by atoms with van der Waals surface area (Å²) in [5.74, 6) is 0.646. The molecule has 1 N–H and O–H groups in total. The number of carbonyl (C=O) groups is 2. The van der Waals surface area contributed by atoms with Gasteiger partial charge in [0.15, 0.2) is 5.78 Å². The number of benzene rings is 1. The molecule has 0 spiro atoms. The van der Waals surface area contributed by atoms with Crippen LogP contribution in [0.2, 0.25) is 5.02 Å². The summed E-state index contributed by atoms with van der Waals surface area (Å²) in [6.45, 7) is 1.45. The SMILES string of the molecule is Cn1ccnc1CNC(=O)N1CCC[C@@H](C(=O)c2cccc(Cl)c2)C1. The van der Waals surface area contributed by atoms with Crippen LogP contribution in [0.15, 0.2) is 36.7 Å². The number of nitrogens with one attached hydrogen (secondary N) is 1. The predicted octanol–water partition coefficient (Wildman–Crippen LogP) is 2.88. The number of imidazole rings is 1. The van der Waals surface area contributed by atoms with Crippen LogP contribution in [0, 0.1) is 5.92 Å². The van der Waals surface area contributed by atoms with E-state index in [0.717, 1.165) is 18.7 Å². The maximum atomic E-state index is 12.7. The fourth-order valence-electron chi connectivity index (χ4n) is 3.09. The highest BCUT2D eigenvalue weighted by Gasteiger charge is 2.29. The van der Waals surface area contributed by atoms with Crippen LogP contribution in [0.4, 0.5) is 4.79 Å². The average Bonchev–Trinajstić information content (AvgIpc) is 3.04. The number of ketones is 1. The molecule has 1 atom stereocenters. The van der Waals surface area contributed by atoms with Gasteiger partial charge >= 0.3 is 6.03 Å². The van der Waals surface area contributed by atoms with E-state index in [1.807, 2.05) is 17.8 Å². The van der Waals surface area contributed by atoms with Gasteiger partial charge in [-0.15, -0.1) is 0 Å². The third-order valence-corrected chi connectivity index (χ3v) is 4.74. The van der Waals surface area contributed by atoms with E-state index in [-0.39, 0.29) is 17.7 Å². The quantitative estimate of drug-likeness (QED) is 0.852. The maximum Gasteiger partial charge on any atom is 0.317 e. The molecule has 7 heteroatoms. The molecule has 0 radical (unpaired) electrons. The molecule has 1 fully saturated rings. The highest BCUT2D eigenvalue weighted by Crippen LogP contribution is 2.22. The zero-order valence-electron chi connectivity index (χ0n) is 14.1. The number of amides is 2. The highest BCUT2D eigenvalue weighted by molar-refractivity contribution is 6.31. The van der Waals surface area contributed by atoms with Gasteiger partial charge in [0, 0.05) is 49.0 Å². The lowest BCUT2D eigenvalue weighted by molar-refractivity contribution is 0.0845. The summed E-state index contributed by atoms with van der Waals surface area (Å²) in [4.78, 5) is 31.0. The first kappa shape index (κ1) is 17.5. The van der Waals surface area contributed by atoms with Crippen molar-refractivity contribution in [2.45, 2.75) is 19.4 Å². The Hall–Kier alpha value is -2.34. The van der Waals surface area contributed by atoms with Crippen molar-refractivity contribution in [1.29, 1.82) is 0 Å². The van der Waals surface area contributed by atoms with Crippen LogP contribution in [-0.4, -0.2) is 39.4 Å². The molecule has 1 aliphatic heterocycles. The molecular formula is C18H21ClN4O2. The molecule has 25 heavy (non-hydrogen) atoms. The van der Waals surface area contributed by atoms with Crippen LogP contribution in [0.1, 0.15) is 29.0 Å². The largest absolute Gasteiger partial charge is 0.337 e. The van der Waals surface area contributed by atoms with E-state index in [1.165, 1.54) is 0 Å². The van der Waals surface area contributed by atoms with Crippen LogP contribution < -0.4 is 5.32 Å². The second-order valence-electron chi connectivity index (χ2n) is 6.27. The summed E-state index contributed by atoms with van der Waals surface area (Å²) in [6.07, 6.45) is 5.13. The minimum Gasteiger partial charge on any atom is -0.337 e. The van der Waals surface area contributed by atoms with Crippen molar-refractivity contribution in [1.82, 2.24) is 19.8 Å². The number of halogens is 1. The third kappa shape index (κ3) is 4.20. The number of aryl methyl sites for hydroxylation is 1. The molecule has 1 saturated heterocycles. The van der Waals surface area contributed by atoms with Gasteiger partial charge in [-0.2, -0.15) is 0 Å². The molecule has 1 aliphatic rings. The molecule has 6 nitrogen and oxygen atoms in total. The second-order valence-corrected chi connectivity index (χ2v) is 6.71. The summed E-state index contributed by atoms with van der Waals surface area (Å²) < 4.78 is 1.86. The first-order valence-corrected chi connectivity index (χ1v) is 8.71. The topological polar surface area (TPSA) is 67.2 Å². The molecule has 0 aliphatic carbocycles. The van der Waals surface area contributed by atoms with Crippen molar-refractivity contribution in [3.63, 3.8) is 0 Å². The van der Waals surface area contributed by atoms with Crippen molar-refractivity contribution in [2.75, 3.05) is 13.1 Å². The molecule has 0 unspecified atom stereocenters. The number of carbonyl (C=O) groups excluding carboxylic acids is 2. The monoisotopic (exact) mass is 360 g/mol. The van der Waals surface area contributed by atoms with Crippen molar-refractivity contribution in [2.24, 2.45) is 13.0 Å². The molecule has 2 amide bonds. The fourth-order valence-corrected chi connectivity index (χ4v) is 3.28. The van der Waals surface area contributed by atoms with E-state index in [2.05, 4.69) is 10.3 Å². The van der Waals surface area contributed by atoms with E-state index in [9.17, 15) is 9.59 Å². The Morgan fingerprint density at radius 3 is 2.96 bits per heavy atom. The van der Waals surface area contributed by atoms with E-state index < -0.39 is 0 Å². The lowest BCUT2D eigenvalue weighted by Gasteiger charge is -2.32. The Balaban J connectivity index is 1.59. The van der Waals surface area contributed by atoms with Crippen molar-refractivity contribution in [3.05, 3.63) is 53.1 Å². The Labute approximate surface area is 151 Å². The lowest BCUT2D eigenvalue weighted by Crippen LogP contribution is -2.47. The van der Waals surface area contributed by atoms with Gasteiger partial charge in [0.1, 0.15) is 5.82 Å². The standard InChI is InChI=1S/C18H21ClN4O2/c1-22-9-7-20-16(22)11-21-18(25)23-8-3-5-14(12-23)17(24)13-4-2-6-15(19)10-13/h2,4,6-7,9-10,14H,3,5,8,11-12H2,1H3,(H,21,25)/t14-/m1/s1. The van der Waals surface area contributed by atoms with Crippen LogP contribution in [0.25, 0.3) is 0 Å². The number of urea groups is 1. The number of piperidine rings is 1. The molecule has 0 bridgehead atoms. The Bertz CT molecular complexity index is 774. The number of nitrogens with zero attached hydrogens (tertiary/aromatic N) is 3. The van der Waals surface area contributed by atoms with Gasteiger partial charge in [-0.3, -0.25) is 4.79 Å². The Morgan fingerprint density at radius 2 is 2.24 bits per heavy atom. The van der Waals surface area contributed by atoms with Gasteiger partial charge in [0.2, 0.25) is 0 Å². The molecule has 3 rings (SSSR count). The highest BCUT2D eigenvalue weighted by atomic mass is 35.5. The summed E-state index contributed by atoms with van der Waals surface area (Å²) >= 11 is 5.98. The fraction of sp³-hybridized carbons (Fsp3) is 0.389. The molecule has 2 heterocycles. The summed E-state index contributed by atoms with van der Waals surface area (Å²) in [6, 6.07) is 6.82. The second kappa shape index (κ2) is 7.70. The number of Topliss-reactive ketones (excluding diaryl/α,β-unsaturated/α-hetero) is 1. The van der Waals surface area contributed by atoms with E-state index in [1.54, 1.807) is 35.4 Å². The smallest absolute Gasteiger partial charge is 0.317 e. The van der Waals surface area contributed by atoms with Crippen LogP contribution in [0.3, 0.4) is 0 Å². The van der Waals surface area contributed by atoms with Gasteiger partial charge in [-0.05, 0) is 25.0 Å². The predicted molar refractivity (Wildman–Crippen MR) is 95.5 cm³/mol. The van der Waals surface area contributed by atoms with Crippen molar-refractivity contribution < 1.29 is 9.59 Å². The van der Waals surface area contributed by atoms with Gasteiger partial charge < -0.3 is 14.8 Å². The first-order chi connectivity index (χ1) is 12.0. The lowest BCUT2D eigenvalue weighted by atomic mass is 9.90. The van der Waals surface area contributed by atoms with Gasteiger partial charge in [0.25, 0.3) is 0 Å². The summed E-state index contributed by atoms with van der Waals surface area (Å²) in [7, 11) is 1.88. The van der Waals surface area contributed by atoms with Gasteiger partial charge in [-0.25, -0.2) is 9.78 Å². The van der Waals surface area contributed by atoms with Crippen LogP contribution in [0.5, 0.6) is 0 Å². The minimum absolute atomic E-state index is 0.0455. The molecule has 1 aromatic carbocycles. The van der Waals surface area contributed by atoms with E-state index in [0.29, 0.717) is 30.2 Å². The number of likely N-dealkylation sites (tertiary alicyclic amines) is 1. The van der Waals surface area contributed by atoms with E-state index in [4.69, 9.17) is 11.6 Å². The van der Waals surface area contributed by atoms with E-state index >= 15 is 0 Å². The van der Waals surface area contributed by atoms with Crippen molar-refractivity contribution in [3.8, 4) is 0 Å². The summed E-state index contributed by atoms with van der Waals surface area (Å²) in [5.41, 5.74) is 0.604. The number of hydrogen-bond donors (Lipinski definition) is 1. The van der Waals surface area contributed by atoms with Crippen LogP contribution >= 0.6 is 11.6 Å². The Kier molecular flexibility index (Phi) is 5.38. The number of hydrogen-bond acceptors (Lipinski definition) is 3. The maximum absolute atomic E-state index is 12.7. The van der Waals surface area contributed by atoms with Gasteiger partial charge in [-0.1, -0.05) is 23.7 Å². The molecule has 132 valence electrons. The normalized spacial score (nSPS) is 17.4. The first-order valence-electron chi connectivity index (χ1n) is 8.33. The molecule has 0 saturated carbocycles. The van der Waals surface area contributed by atoms with Gasteiger partial charge in [0.05, 0.1) is 6.54 Å². The number of aromatic nitrogens is 2. The minimum atomic E-state index is -0.189.